The molecule has 0 aliphatic carbocycles. The molecule has 1 atom stereocenters. The van der Waals surface area contributed by atoms with Crippen molar-refractivity contribution in [3.8, 4) is 0 Å². The van der Waals surface area contributed by atoms with E-state index in [1.165, 1.54) is 6.07 Å². The summed E-state index contributed by atoms with van der Waals surface area (Å²) in [7, 11) is 0. The van der Waals surface area contributed by atoms with Crippen molar-refractivity contribution in [3.63, 3.8) is 0 Å². The molecule has 1 N–H and O–H groups in total. The van der Waals surface area contributed by atoms with E-state index < -0.39 is 6.04 Å². The number of nitrogens with one attached hydrogen (secondary N) is 1. The topological polar surface area (TPSA) is 82.9 Å². The minimum atomic E-state index is -0.442. The number of benzene rings is 2. The number of aryl methyl sites for hydroxylation is 1. The van der Waals surface area contributed by atoms with E-state index in [-0.39, 0.29) is 16.9 Å². The van der Waals surface area contributed by atoms with E-state index in [1.807, 2.05) is 48.0 Å². The number of piperazine rings is 1. The molecule has 188 valence electrons. The summed E-state index contributed by atoms with van der Waals surface area (Å²) < 4.78 is 16.3. The van der Waals surface area contributed by atoms with Crippen molar-refractivity contribution in [2.75, 3.05) is 31.1 Å². The number of pyridine rings is 1. The van der Waals surface area contributed by atoms with Crippen molar-refractivity contribution in [3.05, 3.63) is 81.7 Å². The van der Waals surface area contributed by atoms with Gasteiger partial charge in [0.05, 0.1) is 16.7 Å². The van der Waals surface area contributed by atoms with Crippen molar-refractivity contribution >= 4 is 16.6 Å². The number of anilines is 1. The second kappa shape index (κ2) is 9.46. The van der Waals surface area contributed by atoms with E-state index in [1.54, 1.807) is 6.07 Å². The lowest BCUT2D eigenvalue weighted by atomic mass is 9.98. The molecular weight excluding hydrogens is 457 g/mol. The summed E-state index contributed by atoms with van der Waals surface area (Å²) in [6.45, 7) is 10.8. The van der Waals surface area contributed by atoms with Crippen LogP contribution in [-0.2, 0) is 5.54 Å². The molecule has 8 nitrogen and oxygen atoms in total. The molecule has 2 aromatic carbocycles. The Balaban J connectivity index is 1.58. The lowest BCUT2D eigenvalue weighted by Crippen LogP contribution is -2.50. The van der Waals surface area contributed by atoms with Crippen molar-refractivity contribution < 1.29 is 4.39 Å². The van der Waals surface area contributed by atoms with Crippen molar-refractivity contribution in [2.45, 2.75) is 45.7 Å². The minimum absolute atomic E-state index is 0.151. The third-order valence-electron chi connectivity index (χ3n) is 7.46. The number of tetrazole rings is 1. The van der Waals surface area contributed by atoms with Crippen LogP contribution in [0, 0.1) is 12.7 Å². The Morgan fingerprint density at radius 1 is 1.08 bits per heavy atom. The number of rotatable bonds is 6. The molecular formula is C27H32FN7O. The van der Waals surface area contributed by atoms with Crippen molar-refractivity contribution in [1.82, 2.24) is 30.1 Å². The number of hydrogen-bond donors (Lipinski definition) is 1. The zero-order valence-corrected chi connectivity index (χ0v) is 21.2. The number of aromatic nitrogens is 5. The van der Waals surface area contributed by atoms with Gasteiger partial charge in [-0.3, -0.25) is 9.69 Å². The number of fused-ring (bicyclic) bond motifs is 1. The van der Waals surface area contributed by atoms with Crippen LogP contribution >= 0.6 is 0 Å². The van der Waals surface area contributed by atoms with Crippen LogP contribution in [-0.4, -0.2) is 56.3 Å². The molecule has 36 heavy (non-hydrogen) atoms. The normalized spacial score (nSPS) is 16.0. The van der Waals surface area contributed by atoms with Gasteiger partial charge in [-0.1, -0.05) is 37.3 Å². The number of nitrogens with zero attached hydrogens (tertiary/aromatic N) is 6. The number of aromatic amines is 1. The van der Waals surface area contributed by atoms with Crippen LogP contribution in [0.2, 0.25) is 0 Å². The van der Waals surface area contributed by atoms with Gasteiger partial charge in [-0.15, -0.1) is 5.10 Å². The number of para-hydroxylation sites is 2. The average molecular weight is 490 g/mol. The molecule has 1 fully saturated rings. The van der Waals surface area contributed by atoms with Gasteiger partial charge in [0.1, 0.15) is 11.9 Å². The van der Waals surface area contributed by atoms with E-state index in [0.29, 0.717) is 43.3 Å². The SMILES string of the molecule is CCC(C)(C)n1nnnc1[C@H](c1cc2cccc(C)c2[nH]c1=O)N1CCN(c2ccccc2F)CC1. The van der Waals surface area contributed by atoms with Gasteiger partial charge in [0, 0.05) is 31.7 Å². The molecule has 3 heterocycles. The Hall–Kier alpha value is -3.59. The maximum atomic E-state index is 14.4. The summed E-state index contributed by atoms with van der Waals surface area (Å²) in [4.78, 5) is 20.9. The third-order valence-corrected chi connectivity index (χ3v) is 7.46. The Kier molecular flexibility index (Phi) is 6.34. The Morgan fingerprint density at radius 3 is 2.56 bits per heavy atom. The minimum Gasteiger partial charge on any atom is -0.367 e. The predicted molar refractivity (Wildman–Crippen MR) is 139 cm³/mol. The number of hydrogen-bond acceptors (Lipinski definition) is 6. The molecule has 0 spiro atoms. The third kappa shape index (κ3) is 4.28. The summed E-state index contributed by atoms with van der Waals surface area (Å²) in [6, 6.07) is 14.4. The summed E-state index contributed by atoms with van der Waals surface area (Å²) in [5.41, 5.74) is 2.58. The van der Waals surface area contributed by atoms with Crippen LogP contribution in [0.1, 0.15) is 50.2 Å². The molecule has 0 saturated carbocycles. The first-order valence-electron chi connectivity index (χ1n) is 12.4. The van der Waals surface area contributed by atoms with Crippen LogP contribution in [0.25, 0.3) is 10.9 Å². The summed E-state index contributed by atoms with van der Waals surface area (Å²) >= 11 is 0. The van der Waals surface area contributed by atoms with Crippen LogP contribution in [0.3, 0.4) is 0 Å². The maximum Gasteiger partial charge on any atom is 0.253 e. The van der Waals surface area contributed by atoms with Gasteiger partial charge in [-0.25, -0.2) is 9.07 Å². The van der Waals surface area contributed by atoms with Gasteiger partial charge < -0.3 is 9.88 Å². The smallest absolute Gasteiger partial charge is 0.253 e. The first kappa shape index (κ1) is 24.1. The van der Waals surface area contributed by atoms with E-state index >= 15 is 0 Å². The Morgan fingerprint density at radius 2 is 1.83 bits per heavy atom. The lowest BCUT2D eigenvalue weighted by Gasteiger charge is -2.40. The summed E-state index contributed by atoms with van der Waals surface area (Å²) in [6.07, 6.45) is 0.825. The second-order valence-electron chi connectivity index (χ2n) is 10.1. The predicted octanol–water partition coefficient (Wildman–Crippen LogP) is 4.02. The summed E-state index contributed by atoms with van der Waals surface area (Å²) in [5.74, 6) is 0.413. The van der Waals surface area contributed by atoms with Crippen molar-refractivity contribution in [1.29, 1.82) is 0 Å². The van der Waals surface area contributed by atoms with Gasteiger partial charge in [-0.05, 0) is 66.8 Å². The van der Waals surface area contributed by atoms with E-state index in [2.05, 4.69) is 51.1 Å². The summed E-state index contributed by atoms with van der Waals surface area (Å²) in [5, 5.41) is 13.8. The van der Waals surface area contributed by atoms with E-state index in [4.69, 9.17) is 0 Å². The second-order valence-corrected chi connectivity index (χ2v) is 10.1. The zero-order chi connectivity index (χ0) is 25.4. The average Bonchev–Trinajstić information content (AvgIpc) is 3.37. The van der Waals surface area contributed by atoms with E-state index in [9.17, 15) is 9.18 Å². The van der Waals surface area contributed by atoms with Gasteiger partial charge in [0.15, 0.2) is 5.82 Å². The van der Waals surface area contributed by atoms with Crippen LogP contribution < -0.4 is 10.5 Å². The Bertz CT molecular complexity index is 1440. The standard InChI is InChI=1S/C27H32FN7O/c1-5-27(3,4)35-25(30-31-32-35)24(20-17-19-10-8-9-18(2)23(19)29-26(20)36)34-15-13-33(14-16-34)22-12-7-6-11-21(22)28/h6-12,17,24H,5,13-16H2,1-4H3,(H,29,36)/t24-/m0/s1. The van der Waals surface area contributed by atoms with Gasteiger partial charge in [-0.2, -0.15) is 0 Å². The molecule has 2 aromatic heterocycles. The highest BCUT2D eigenvalue weighted by molar-refractivity contribution is 5.82. The monoisotopic (exact) mass is 489 g/mol. The quantitative estimate of drug-likeness (QED) is 0.441. The van der Waals surface area contributed by atoms with Crippen LogP contribution in [0.5, 0.6) is 0 Å². The molecule has 0 radical (unpaired) electrons. The first-order valence-corrected chi connectivity index (χ1v) is 12.4. The molecule has 1 saturated heterocycles. The van der Waals surface area contributed by atoms with Crippen LogP contribution in [0.15, 0.2) is 53.3 Å². The molecule has 9 heteroatoms. The fraction of sp³-hybridized carbons (Fsp3) is 0.407. The molecule has 4 aromatic rings. The maximum absolute atomic E-state index is 14.4. The van der Waals surface area contributed by atoms with Crippen molar-refractivity contribution in [2.24, 2.45) is 0 Å². The largest absolute Gasteiger partial charge is 0.367 e. The van der Waals surface area contributed by atoms with E-state index in [0.717, 1.165) is 22.9 Å². The fourth-order valence-electron chi connectivity index (χ4n) is 4.98. The molecule has 1 aliphatic heterocycles. The zero-order valence-electron chi connectivity index (χ0n) is 21.2. The molecule has 0 unspecified atom stereocenters. The molecule has 0 amide bonds. The van der Waals surface area contributed by atoms with Gasteiger partial charge in [0.25, 0.3) is 5.56 Å². The highest BCUT2D eigenvalue weighted by Crippen LogP contribution is 2.32. The van der Waals surface area contributed by atoms with Crippen LogP contribution in [0.4, 0.5) is 10.1 Å². The van der Waals surface area contributed by atoms with Gasteiger partial charge in [0.2, 0.25) is 0 Å². The fourth-order valence-corrected chi connectivity index (χ4v) is 4.98. The van der Waals surface area contributed by atoms with Gasteiger partial charge >= 0.3 is 0 Å². The lowest BCUT2D eigenvalue weighted by molar-refractivity contribution is 0.186. The molecule has 1 aliphatic rings. The number of halogens is 1. The highest BCUT2D eigenvalue weighted by atomic mass is 19.1. The highest BCUT2D eigenvalue weighted by Gasteiger charge is 2.36. The molecule has 0 bridgehead atoms. The first-order chi connectivity index (χ1) is 17.3. The Labute approximate surface area is 209 Å². The molecule has 5 rings (SSSR count). The number of H-pyrrole nitrogens is 1.